The number of para-hydroxylation sites is 1. The lowest BCUT2D eigenvalue weighted by atomic mass is 9.59. The lowest BCUT2D eigenvalue weighted by molar-refractivity contribution is -0.190. The lowest BCUT2D eigenvalue weighted by Crippen LogP contribution is -2.65. The number of hydrogen-bond donors (Lipinski definition) is 3. The molecule has 7 nitrogen and oxygen atoms in total. The molecular weight excluding hydrogens is 472 g/mol. The summed E-state index contributed by atoms with van der Waals surface area (Å²) >= 11 is 0. The Balaban J connectivity index is 1.60. The number of aliphatic hydroxyl groups is 3. The maximum atomic E-state index is 14.4. The first-order valence-electron chi connectivity index (χ1n) is 13.2. The average molecular weight is 511 g/mol. The van der Waals surface area contributed by atoms with E-state index in [9.17, 15) is 24.9 Å². The van der Waals surface area contributed by atoms with Crippen molar-refractivity contribution in [1.82, 2.24) is 0 Å². The van der Waals surface area contributed by atoms with Crippen molar-refractivity contribution in [2.24, 2.45) is 34.5 Å². The Morgan fingerprint density at radius 3 is 2.54 bits per heavy atom. The summed E-state index contributed by atoms with van der Waals surface area (Å²) < 4.78 is 11.8. The van der Waals surface area contributed by atoms with Crippen molar-refractivity contribution in [3.8, 4) is 5.75 Å². The topological polar surface area (TPSA) is 113 Å². The summed E-state index contributed by atoms with van der Waals surface area (Å²) in [7, 11) is 0. The molecular formula is C30H38O7. The highest BCUT2D eigenvalue weighted by molar-refractivity contribution is 5.96. The van der Waals surface area contributed by atoms with E-state index in [0.29, 0.717) is 17.7 Å². The number of Topliss-reactive ketones (excluding diaryl/α,β-unsaturated/α-hetero) is 1. The highest BCUT2D eigenvalue weighted by Gasteiger charge is 2.76. The molecule has 200 valence electrons. The Hall–Kier alpha value is -2.48. The van der Waals surface area contributed by atoms with Gasteiger partial charge in [0.05, 0.1) is 18.1 Å². The number of carbonyl (C=O) groups excluding carboxylic acids is 2. The Labute approximate surface area is 218 Å². The molecule has 8 atom stereocenters. The first-order valence-corrected chi connectivity index (χ1v) is 13.2. The molecule has 0 radical (unpaired) electrons. The summed E-state index contributed by atoms with van der Waals surface area (Å²) in [5.74, 6) is -1.07. The van der Waals surface area contributed by atoms with E-state index in [1.165, 1.54) is 0 Å². The zero-order chi connectivity index (χ0) is 27.1. The maximum absolute atomic E-state index is 14.4. The molecule has 0 aromatic heterocycles. The summed E-state index contributed by atoms with van der Waals surface area (Å²) in [6.45, 7) is 11.1. The van der Waals surface area contributed by atoms with E-state index in [1.807, 2.05) is 20.8 Å². The first-order chi connectivity index (χ1) is 17.3. The van der Waals surface area contributed by atoms with Crippen molar-refractivity contribution < 1.29 is 34.4 Å². The summed E-state index contributed by atoms with van der Waals surface area (Å²) in [6, 6.07) is 6.71. The number of fused-ring (bicyclic) bond motifs is 3. The van der Waals surface area contributed by atoms with Crippen LogP contribution in [0.3, 0.4) is 0 Å². The zero-order valence-electron chi connectivity index (χ0n) is 22.4. The predicted octanol–water partition coefficient (Wildman–Crippen LogP) is 3.47. The van der Waals surface area contributed by atoms with Gasteiger partial charge in [-0.2, -0.15) is 0 Å². The number of ether oxygens (including phenoxy) is 2. The molecule has 3 N–H and O–H groups in total. The van der Waals surface area contributed by atoms with E-state index in [1.54, 1.807) is 43.3 Å². The Kier molecular flexibility index (Phi) is 6.02. The normalized spacial score (nSPS) is 39.6. The minimum atomic E-state index is -2.17. The van der Waals surface area contributed by atoms with E-state index in [4.69, 9.17) is 9.47 Å². The first kappa shape index (κ1) is 26.1. The molecule has 4 aliphatic rings. The van der Waals surface area contributed by atoms with Gasteiger partial charge >= 0.3 is 5.97 Å². The van der Waals surface area contributed by atoms with Crippen LogP contribution in [-0.4, -0.2) is 57.6 Å². The molecule has 1 aromatic rings. The minimum Gasteiger partial charge on any atom is -0.490 e. The molecule has 7 heteroatoms. The van der Waals surface area contributed by atoms with Gasteiger partial charge in [-0.3, -0.25) is 4.79 Å². The number of ketones is 1. The van der Waals surface area contributed by atoms with Crippen LogP contribution in [0.25, 0.3) is 0 Å². The highest BCUT2D eigenvalue weighted by atomic mass is 16.6. The number of hydrogen-bond acceptors (Lipinski definition) is 7. The summed E-state index contributed by atoms with van der Waals surface area (Å²) in [4.78, 5) is 27.9. The van der Waals surface area contributed by atoms with E-state index in [2.05, 4.69) is 13.8 Å². The van der Waals surface area contributed by atoms with Crippen molar-refractivity contribution in [2.75, 3.05) is 6.61 Å². The number of aliphatic hydroxyl groups excluding tert-OH is 2. The molecule has 37 heavy (non-hydrogen) atoms. The lowest BCUT2D eigenvalue weighted by Gasteiger charge is -2.48. The fourth-order valence-corrected chi connectivity index (χ4v) is 7.76. The molecule has 2 saturated carbocycles. The quantitative estimate of drug-likeness (QED) is 0.411. The van der Waals surface area contributed by atoms with Gasteiger partial charge in [-0.05, 0) is 73.6 Å². The van der Waals surface area contributed by atoms with Crippen LogP contribution >= 0.6 is 0 Å². The molecule has 5 rings (SSSR count). The molecule has 0 saturated heterocycles. The van der Waals surface area contributed by atoms with E-state index in [-0.39, 0.29) is 46.2 Å². The van der Waals surface area contributed by atoms with E-state index < -0.39 is 41.7 Å². The van der Waals surface area contributed by atoms with Crippen LogP contribution in [0.2, 0.25) is 0 Å². The third kappa shape index (κ3) is 3.43. The number of benzene rings is 1. The summed E-state index contributed by atoms with van der Waals surface area (Å²) in [5.41, 5.74) is -2.80. The smallest absolute Gasteiger partial charge is 0.342 e. The third-order valence-corrected chi connectivity index (χ3v) is 9.59. The van der Waals surface area contributed by atoms with Crippen LogP contribution in [0.4, 0.5) is 0 Å². The Bertz CT molecular complexity index is 1200. The standard InChI is InChI=1S/C30H38O7/c1-15(2)36-22-10-8-7-9-19(22)27(34)37-26-16(3)13-29-17(4)11-21-23(28(21,5)6)20(25(29)33)12-18(14-31)24(32)30(26,29)35/h7-10,12-13,15,17,20-21,23-24,26,31-32,35H,11,14H2,1-6H3/t17-,20+,21-,23+,24-,26+,29+,30+/m1/s1. The molecule has 2 fully saturated rings. The van der Waals surface area contributed by atoms with Crippen molar-refractivity contribution in [2.45, 2.75) is 71.9 Å². The van der Waals surface area contributed by atoms with Gasteiger partial charge in [-0.15, -0.1) is 0 Å². The monoisotopic (exact) mass is 510 g/mol. The van der Waals surface area contributed by atoms with Crippen LogP contribution in [0.5, 0.6) is 5.75 Å². The van der Waals surface area contributed by atoms with Crippen LogP contribution < -0.4 is 4.74 Å². The number of rotatable bonds is 5. The SMILES string of the molecule is CC1=C[C@]23C(=O)[C@@H](C=C(CO)[C@@H](O)[C@]2(O)[C@H]1OC(=O)c1ccccc1OC(C)C)[C@H]1[C@@H](C[C@H]3C)C1(C)C. The van der Waals surface area contributed by atoms with Gasteiger partial charge < -0.3 is 24.8 Å². The van der Waals surface area contributed by atoms with Gasteiger partial charge in [-0.25, -0.2) is 4.79 Å². The third-order valence-electron chi connectivity index (χ3n) is 9.59. The summed E-state index contributed by atoms with van der Waals surface area (Å²) in [5, 5.41) is 34.4. The maximum Gasteiger partial charge on any atom is 0.342 e. The fraction of sp³-hybridized carbons (Fsp3) is 0.600. The van der Waals surface area contributed by atoms with Gasteiger partial charge in [0.25, 0.3) is 0 Å². The van der Waals surface area contributed by atoms with Crippen LogP contribution in [0.15, 0.2) is 47.6 Å². The second kappa shape index (κ2) is 8.52. The molecule has 0 aliphatic heterocycles. The average Bonchev–Trinajstić information content (AvgIpc) is 3.32. The number of carbonyl (C=O) groups is 2. The molecule has 0 amide bonds. The molecule has 0 heterocycles. The van der Waals surface area contributed by atoms with Crippen LogP contribution in [0.1, 0.15) is 58.3 Å². The summed E-state index contributed by atoms with van der Waals surface area (Å²) in [6.07, 6.45) is 1.05. The zero-order valence-corrected chi connectivity index (χ0v) is 22.4. The second-order valence-corrected chi connectivity index (χ2v) is 12.3. The molecule has 2 bridgehead atoms. The molecule has 0 unspecified atom stereocenters. The molecule has 1 spiro atoms. The van der Waals surface area contributed by atoms with Gasteiger partial charge in [-0.1, -0.05) is 45.1 Å². The van der Waals surface area contributed by atoms with E-state index >= 15 is 0 Å². The Morgan fingerprint density at radius 1 is 1.22 bits per heavy atom. The fourth-order valence-electron chi connectivity index (χ4n) is 7.76. The van der Waals surface area contributed by atoms with Crippen molar-refractivity contribution in [3.05, 3.63) is 53.1 Å². The van der Waals surface area contributed by atoms with Crippen LogP contribution in [0, 0.1) is 34.5 Å². The van der Waals surface area contributed by atoms with Gasteiger partial charge in [0, 0.05) is 5.92 Å². The predicted molar refractivity (Wildman–Crippen MR) is 137 cm³/mol. The van der Waals surface area contributed by atoms with Crippen molar-refractivity contribution in [3.63, 3.8) is 0 Å². The number of allylic oxidation sites excluding steroid dienone is 1. The minimum absolute atomic E-state index is 0.0516. The van der Waals surface area contributed by atoms with Crippen molar-refractivity contribution in [1.29, 1.82) is 0 Å². The second-order valence-electron chi connectivity index (χ2n) is 12.3. The molecule has 1 aromatic carbocycles. The Morgan fingerprint density at radius 2 is 1.89 bits per heavy atom. The molecule has 4 aliphatic carbocycles. The largest absolute Gasteiger partial charge is 0.490 e. The highest BCUT2D eigenvalue weighted by Crippen LogP contribution is 2.71. The van der Waals surface area contributed by atoms with Gasteiger partial charge in [0.2, 0.25) is 0 Å². The van der Waals surface area contributed by atoms with Crippen LogP contribution in [-0.2, 0) is 9.53 Å². The van der Waals surface area contributed by atoms with Gasteiger partial charge in [0.1, 0.15) is 17.4 Å². The van der Waals surface area contributed by atoms with Crippen molar-refractivity contribution >= 4 is 11.8 Å². The van der Waals surface area contributed by atoms with Gasteiger partial charge in [0.15, 0.2) is 17.5 Å². The number of esters is 1. The van der Waals surface area contributed by atoms with E-state index in [0.717, 1.165) is 0 Å².